The van der Waals surface area contributed by atoms with Gasteiger partial charge in [-0.2, -0.15) is 0 Å². The fraction of sp³-hybridized carbons (Fsp3) is 0.547. The van der Waals surface area contributed by atoms with E-state index in [1.807, 2.05) is 39.0 Å². The van der Waals surface area contributed by atoms with Crippen molar-refractivity contribution in [2.75, 3.05) is 91.7 Å². The summed E-state index contributed by atoms with van der Waals surface area (Å²) in [6, 6.07) is 5.81. The third-order valence-corrected chi connectivity index (χ3v) is 16.0. The van der Waals surface area contributed by atoms with Gasteiger partial charge >= 0.3 is 5.97 Å². The van der Waals surface area contributed by atoms with Gasteiger partial charge in [-0.05, 0) is 80.2 Å². The summed E-state index contributed by atoms with van der Waals surface area (Å²) in [7, 11) is 1.73. The molecule has 8 N–H and O–H groups in total. The number of nitrogens with zero attached hydrogens (tertiary/aromatic N) is 5. The molecular formula is C53H70N8O12S. The van der Waals surface area contributed by atoms with Crippen LogP contribution < -0.4 is 5.73 Å². The Bertz CT molecular complexity index is 2780. The lowest BCUT2D eigenvalue weighted by atomic mass is 9.84. The summed E-state index contributed by atoms with van der Waals surface area (Å²) in [5, 5.41) is 39.9. The molecule has 0 radical (unpaired) electrons. The number of morpholine rings is 1. The first-order chi connectivity index (χ1) is 35.6. The molecule has 2 aromatic heterocycles. The quantitative estimate of drug-likeness (QED) is 0.0460. The van der Waals surface area contributed by atoms with Crippen molar-refractivity contribution in [1.29, 1.82) is 0 Å². The summed E-state index contributed by atoms with van der Waals surface area (Å²) in [5.74, 6) is -1.70. The van der Waals surface area contributed by atoms with E-state index in [0.29, 0.717) is 126 Å². The van der Waals surface area contributed by atoms with Crippen molar-refractivity contribution >= 4 is 68.8 Å². The minimum atomic E-state index is -1.46. The Kier molecular flexibility index (Phi) is 17.9. The number of aliphatic hydroxyl groups excluding tert-OH is 4. The lowest BCUT2D eigenvalue weighted by Gasteiger charge is -2.39. The van der Waals surface area contributed by atoms with E-state index in [1.54, 1.807) is 18.0 Å². The predicted octanol–water partition coefficient (Wildman–Crippen LogP) is 3.28. The van der Waals surface area contributed by atoms with Crippen LogP contribution >= 0.6 is 11.8 Å². The van der Waals surface area contributed by atoms with Gasteiger partial charge in [0, 0.05) is 98.9 Å². The molecule has 2 fully saturated rings. The van der Waals surface area contributed by atoms with Crippen molar-refractivity contribution in [2.45, 2.75) is 95.6 Å². The Morgan fingerprint density at radius 1 is 0.932 bits per heavy atom. The van der Waals surface area contributed by atoms with Crippen LogP contribution in [0, 0.1) is 6.92 Å². The number of nitrogens with one attached hydrogen (secondary N) is 2. The van der Waals surface area contributed by atoms with E-state index in [1.165, 1.54) is 22.7 Å². The van der Waals surface area contributed by atoms with Gasteiger partial charge in [0.05, 0.1) is 72.5 Å². The molecule has 0 aromatic carbocycles. The van der Waals surface area contributed by atoms with Gasteiger partial charge < -0.3 is 60.0 Å². The van der Waals surface area contributed by atoms with E-state index in [-0.39, 0.29) is 56.4 Å². The molecule has 8 rings (SSSR count). The van der Waals surface area contributed by atoms with Crippen LogP contribution in [0.5, 0.6) is 0 Å². The number of allylic oxidation sites excluding steroid dienone is 5. The molecule has 400 valence electrons. The first-order valence-corrected chi connectivity index (χ1v) is 26.5. The third kappa shape index (κ3) is 11.4. The second-order valence-corrected chi connectivity index (χ2v) is 20.6. The summed E-state index contributed by atoms with van der Waals surface area (Å²) >= 11 is 1.17. The van der Waals surface area contributed by atoms with Crippen LogP contribution in [0.1, 0.15) is 119 Å². The number of imide groups is 1. The van der Waals surface area contributed by atoms with Gasteiger partial charge in [0.15, 0.2) is 0 Å². The highest BCUT2D eigenvalue weighted by Gasteiger charge is 2.44. The number of ether oxygens (including phenoxy) is 4. The lowest BCUT2D eigenvalue weighted by molar-refractivity contribution is -0.205. The monoisotopic (exact) mass is 1040 g/mol. The zero-order valence-corrected chi connectivity index (χ0v) is 43.8. The van der Waals surface area contributed by atoms with Crippen molar-refractivity contribution < 1.29 is 58.6 Å². The molecule has 0 spiro atoms. The lowest BCUT2D eigenvalue weighted by Crippen LogP contribution is -2.57. The van der Waals surface area contributed by atoms with Gasteiger partial charge in [-0.1, -0.05) is 13.8 Å². The highest BCUT2D eigenvalue weighted by Crippen LogP contribution is 2.45. The van der Waals surface area contributed by atoms with Crippen LogP contribution in [0.3, 0.4) is 0 Å². The van der Waals surface area contributed by atoms with Gasteiger partial charge in [-0.3, -0.25) is 24.2 Å². The maximum Gasteiger partial charge on any atom is 0.330 e. The van der Waals surface area contributed by atoms with Crippen molar-refractivity contribution in [2.24, 2.45) is 5.73 Å². The molecule has 74 heavy (non-hydrogen) atoms. The Morgan fingerprint density at radius 3 is 2.39 bits per heavy atom. The minimum Gasteiger partial charge on any atom is -0.460 e. The van der Waals surface area contributed by atoms with E-state index in [2.05, 4.69) is 28.7 Å². The number of H-pyrrole nitrogens is 2. The fourth-order valence-corrected chi connectivity index (χ4v) is 11.4. The number of rotatable bonds is 19. The standard InChI is InChI=1S/C53H70N8O12S/c1-7-32-28(2)36-25-40-33(9-11-43(64)72-21-20-71-22-23-74-53-50(67)49(66)48(65)41(27-62)73-53)29(3)35(56-40)24-37-30(4)34(8-10-42(63)59(6)13-12-54)46(57-37)45-47-44(31(5)38(58-47)26-39(32)55-36)51(68)61(52(45)69)15-14-60-16-18-70-19-17-60/h9,11,24-26,30,34,41,48-50,53,57-58,62,65-67H,7-8,10,12-23,27,54H2,1-6H3/b11-9+,37-24?,39-26?,40-25?,46-45?/t30-,34-,41+,48+,49-,50+,53-/m0/s1. The number of esters is 1. The molecule has 8 bridgehead atoms. The zero-order valence-electron chi connectivity index (χ0n) is 43.0. The summed E-state index contributed by atoms with van der Waals surface area (Å²) < 4.78 is 22.2. The van der Waals surface area contributed by atoms with E-state index in [9.17, 15) is 34.8 Å². The molecule has 8 heterocycles. The van der Waals surface area contributed by atoms with Gasteiger partial charge in [-0.25, -0.2) is 14.8 Å². The largest absolute Gasteiger partial charge is 0.460 e. The molecule has 6 aliphatic heterocycles. The number of aliphatic hydroxyl groups is 4. The van der Waals surface area contributed by atoms with Gasteiger partial charge in [-0.15, -0.1) is 11.8 Å². The fourth-order valence-electron chi connectivity index (χ4n) is 10.4. The number of nitrogens with two attached hydrogens (primary N) is 1. The SMILES string of the molecule is CCC1=C(C)c2cc3nc(cc4[nH]c(c5c6[nH]c(cc1n2)c(C)c6C(=O)N(CCN1CCOCC1)C5=O)[C@@H](CCC(=O)N(C)CCN)[C@@H]4C)C(C)=C3/C=C/C(=O)OCCOCCS[C@@H]1O[C@H](CO)[C@@H](O)[C@H](O)[C@H]1O. The summed E-state index contributed by atoms with van der Waals surface area (Å²) in [6.07, 6.45) is -0.968. The highest BCUT2D eigenvalue weighted by atomic mass is 32.2. The van der Waals surface area contributed by atoms with Crippen LogP contribution in [0.15, 0.2) is 30.4 Å². The number of hydrogen-bond donors (Lipinski definition) is 7. The molecule has 20 nitrogen and oxygen atoms in total. The maximum absolute atomic E-state index is 15.2. The smallest absolute Gasteiger partial charge is 0.330 e. The molecule has 0 saturated carbocycles. The second kappa shape index (κ2) is 24.1. The van der Waals surface area contributed by atoms with Crippen molar-refractivity contribution in [3.05, 3.63) is 81.2 Å². The Balaban J connectivity index is 1.13. The normalized spacial score (nSPS) is 23.8. The number of amides is 3. The Morgan fingerprint density at radius 2 is 1.66 bits per heavy atom. The van der Waals surface area contributed by atoms with Gasteiger partial charge in [0.1, 0.15) is 36.5 Å². The molecule has 0 unspecified atom stereocenters. The van der Waals surface area contributed by atoms with Crippen LogP contribution in [-0.2, 0) is 28.5 Å². The van der Waals surface area contributed by atoms with Gasteiger partial charge in [0.2, 0.25) is 5.91 Å². The van der Waals surface area contributed by atoms with Crippen molar-refractivity contribution in [3.8, 4) is 0 Å². The molecule has 7 atom stereocenters. The van der Waals surface area contributed by atoms with E-state index < -0.39 is 48.3 Å². The molecule has 21 heteroatoms. The number of fused-ring (bicyclic) bond motifs is 8. The molecule has 6 aliphatic rings. The number of hydrogen-bond acceptors (Lipinski definition) is 17. The Labute approximate surface area is 434 Å². The van der Waals surface area contributed by atoms with Crippen molar-refractivity contribution in [1.82, 2.24) is 34.6 Å². The number of aromatic amines is 2. The second-order valence-electron chi connectivity index (χ2n) is 19.4. The number of thioether (sulfide) groups is 1. The highest BCUT2D eigenvalue weighted by molar-refractivity contribution is 7.99. The topological polar surface area (TPSA) is 279 Å². The minimum absolute atomic E-state index is 0.0406. The van der Waals surface area contributed by atoms with Crippen LogP contribution in [0.25, 0.3) is 33.3 Å². The average molecular weight is 1040 g/mol. The third-order valence-electron chi connectivity index (χ3n) is 14.9. The van der Waals surface area contributed by atoms with Crippen LogP contribution in [0.2, 0.25) is 0 Å². The predicted molar refractivity (Wildman–Crippen MR) is 279 cm³/mol. The number of aryl methyl sites for hydroxylation is 1. The molecule has 2 aromatic rings. The van der Waals surface area contributed by atoms with E-state index in [4.69, 9.17) is 34.6 Å². The van der Waals surface area contributed by atoms with Crippen LogP contribution in [-0.4, -0.2) is 200 Å². The number of carbonyl (C=O) groups is 4. The first-order valence-electron chi connectivity index (χ1n) is 25.5. The van der Waals surface area contributed by atoms with Crippen molar-refractivity contribution in [3.63, 3.8) is 0 Å². The molecule has 2 saturated heterocycles. The summed E-state index contributed by atoms with van der Waals surface area (Å²) in [6.45, 7) is 13.6. The van der Waals surface area contributed by atoms with E-state index >= 15 is 4.79 Å². The summed E-state index contributed by atoms with van der Waals surface area (Å²) in [4.78, 5) is 79.2. The zero-order chi connectivity index (χ0) is 53.0. The number of likely N-dealkylation sites (N-methyl/N-ethyl adjacent to an activating group) is 1. The van der Waals surface area contributed by atoms with E-state index in [0.717, 1.165) is 22.4 Å². The first kappa shape index (κ1) is 54.9. The van der Waals surface area contributed by atoms with Crippen LogP contribution in [0.4, 0.5) is 0 Å². The maximum atomic E-state index is 15.2. The molecule has 0 aliphatic carbocycles. The van der Waals surface area contributed by atoms with Gasteiger partial charge in [0.25, 0.3) is 11.8 Å². The molecule has 3 amide bonds. The number of carbonyl (C=O) groups excluding carboxylic acids is 4. The molecular weight excluding hydrogens is 973 g/mol. The summed E-state index contributed by atoms with van der Waals surface area (Å²) in [5.41, 5.74) is 14.8. The Hall–Kier alpha value is -5.33. The average Bonchev–Trinajstić information content (AvgIpc) is 4.07. The number of aromatic nitrogens is 4.